The number of rotatable bonds is 8. The molecule has 1 aromatic heterocycles. The van der Waals surface area contributed by atoms with Crippen molar-refractivity contribution in [2.45, 2.75) is 13.0 Å². The summed E-state index contributed by atoms with van der Waals surface area (Å²) in [6.07, 6.45) is 2.50. The third-order valence-electron chi connectivity index (χ3n) is 3.25. The van der Waals surface area contributed by atoms with E-state index in [0.717, 1.165) is 18.5 Å². The van der Waals surface area contributed by atoms with Gasteiger partial charge in [-0.15, -0.1) is 0 Å². The zero-order valence-corrected chi connectivity index (χ0v) is 13.6. The number of hydrogen-bond acceptors (Lipinski definition) is 5. The normalized spacial score (nSPS) is 10.6. The first kappa shape index (κ1) is 16.9. The van der Waals surface area contributed by atoms with E-state index >= 15 is 0 Å². The molecule has 2 N–H and O–H groups in total. The molecule has 0 saturated heterocycles. The van der Waals surface area contributed by atoms with Gasteiger partial charge in [0.25, 0.3) is 5.91 Å². The molecule has 2 rings (SSSR count). The van der Waals surface area contributed by atoms with Crippen molar-refractivity contribution >= 4 is 11.9 Å². The number of benzene rings is 1. The van der Waals surface area contributed by atoms with Crippen LogP contribution in [0.2, 0.25) is 0 Å². The number of amides is 1. The van der Waals surface area contributed by atoms with Crippen molar-refractivity contribution in [3.8, 4) is 0 Å². The number of nitrogens with zero attached hydrogens (tertiary/aromatic N) is 3. The number of hydrogen-bond donors (Lipinski definition) is 2. The van der Waals surface area contributed by atoms with Crippen molar-refractivity contribution in [2.75, 3.05) is 32.5 Å². The zero-order valence-electron chi connectivity index (χ0n) is 13.6. The van der Waals surface area contributed by atoms with Gasteiger partial charge in [-0.3, -0.25) is 4.79 Å². The number of aromatic nitrogens is 2. The Kier molecular flexibility index (Phi) is 6.50. The predicted octanol–water partition coefficient (Wildman–Crippen LogP) is 1.77. The maximum atomic E-state index is 12.1. The average Bonchev–Trinajstić information content (AvgIpc) is 2.58. The lowest BCUT2D eigenvalue weighted by Gasteiger charge is -2.10. The Morgan fingerprint density at radius 2 is 1.96 bits per heavy atom. The molecule has 0 bridgehead atoms. The zero-order chi connectivity index (χ0) is 16.5. The summed E-state index contributed by atoms with van der Waals surface area (Å²) in [5.41, 5.74) is 1.51. The molecular formula is C17H23N5O. The molecular weight excluding hydrogens is 290 g/mol. The highest BCUT2D eigenvalue weighted by atomic mass is 16.1. The minimum absolute atomic E-state index is 0.172. The summed E-state index contributed by atoms with van der Waals surface area (Å²) >= 11 is 0. The number of carbonyl (C=O) groups excluding carboxylic acids is 1. The molecule has 6 nitrogen and oxygen atoms in total. The highest BCUT2D eigenvalue weighted by Gasteiger charge is 2.08. The van der Waals surface area contributed by atoms with E-state index in [1.165, 1.54) is 0 Å². The molecule has 0 atom stereocenters. The van der Waals surface area contributed by atoms with Crippen LogP contribution in [-0.4, -0.2) is 48.0 Å². The summed E-state index contributed by atoms with van der Waals surface area (Å²) in [5, 5.41) is 6.00. The van der Waals surface area contributed by atoms with E-state index in [1.54, 1.807) is 12.3 Å². The molecule has 0 spiro atoms. The van der Waals surface area contributed by atoms with Crippen molar-refractivity contribution in [3.63, 3.8) is 0 Å². The van der Waals surface area contributed by atoms with Gasteiger partial charge >= 0.3 is 0 Å². The van der Waals surface area contributed by atoms with Gasteiger partial charge in [-0.1, -0.05) is 30.3 Å². The van der Waals surface area contributed by atoms with Crippen LogP contribution in [0.4, 0.5) is 5.95 Å². The molecule has 0 saturated carbocycles. The van der Waals surface area contributed by atoms with E-state index in [-0.39, 0.29) is 5.91 Å². The molecule has 0 unspecified atom stereocenters. The Hall–Kier alpha value is -2.47. The molecule has 0 aliphatic carbocycles. The fourth-order valence-corrected chi connectivity index (χ4v) is 2.04. The molecule has 0 aliphatic rings. The summed E-state index contributed by atoms with van der Waals surface area (Å²) < 4.78 is 0. The third kappa shape index (κ3) is 6.04. The van der Waals surface area contributed by atoms with Gasteiger partial charge in [0.2, 0.25) is 5.95 Å². The van der Waals surface area contributed by atoms with E-state index in [0.29, 0.717) is 24.7 Å². The number of carbonyl (C=O) groups is 1. The summed E-state index contributed by atoms with van der Waals surface area (Å²) in [4.78, 5) is 22.6. The molecule has 1 aromatic carbocycles. The Labute approximate surface area is 137 Å². The van der Waals surface area contributed by atoms with Crippen LogP contribution in [0.25, 0.3) is 0 Å². The van der Waals surface area contributed by atoms with Crippen LogP contribution < -0.4 is 10.6 Å². The standard InChI is InChI=1S/C17H23N5O/c1-22(2)12-6-10-18-16(23)15-9-11-19-17(21-15)20-13-14-7-4-3-5-8-14/h3-5,7-9,11H,6,10,12-13H2,1-2H3,(H,18,23)(H,19,20,21). The van der Waals surface area contributed by atoms with Gasteiger partial charge in [-0.25, -0.2) is 9.97 Å². The molecule has 1 heterocycles. The quantitative estimate of drug-likeness (QED) is 0.727. The molecule has 2 aromatic rings. The SMILES string of the molecule is CN(C)CCCNC(=O)c1ccnc(NCc2ccccc2)n1. The maximum absolute atomic E-state index is 12.1. The molecule has 23 heavy (non-hydrogen) atoms. The second-order valence-electron chi connectivity index (χ2n) is 5.52. The molecule has 6 heteroatoms. The Morgan fingerprint density at radius 1 is 1.17 bits per heavy atom. The highest BCUT2D eigenvalue weighted by molar-refractivity contribution is 5.92. The van der Waals surface area contributed by atoms with Gasteiger partial charge in [0, 0.05) is 19.3 Å². The summed E-state index contributed by atoms with van der Waals surface area (Å²) in [6, 6.07) is 11.6. The molecule has 0 aliphatic heterocycles. The fourth-order valence-electron chi connectivity index (χ4n) is 2.04. The van der Waals surface area contributed by atoms with E-state index in [2.05, 4.69) is 25.5 Å². The first-order valence-electron chi connectivity index (χ1n) is 7.69. The predicted molar refractivity (Wildman–Crippen MR) is 91.3 cm³/mol. The summed E-state index contributed by atoms with van der Waals surface area (Å²) in [7, 11) is 4.02. The third-order valence-corrected chi connectivity index (χ3v) is 3.25. The van der Waals surface area contributed by atoms with Crippen molar-refractivity contribution < 1.29 is 4.79 Å². The van der Waals surface area contributed by atoms with Gasteiger partial charge in [-0.2, -0.15) is 0 Å². The fraction of sp³-hybridized carbons (Fsp3) is 0.353. The second kappa shape index (κ2) is 8.85. The van der Waals surface area contributed by atoms with Crippen LogP contribution in [0.3, 0.4) is 0 Å². The van der Waals surface area contributed by atoms with E-state index in [9.17, 15) is 4.79 Å². The van der Waals surface area contributed by atoms with Gasteiger partial charge in [0.1, 0.15) is 5.69 Å². The highest BCUT2D eigenvalue weighted by Crippen LogP contribution is 2.04. The van der Waals surface area contributed by atoms with Crippen LogP contribution in [0.1, 0.15) is 22.5 Å². The Balaban J connectivity index is 1.85. The minimum Gasteiger partial charge on any atom is -0.351 e. The van der Waals surface area contributed by atoms with Gasteiger partial charge in [0.05, 0.1) is 0 Å². The molecule has 0 fully saturated rings. The smallest absolute Gasteiger partial charge is 0.270 e. The summed E-state index contributed by atoms with van der Waals surface area (Å²) in [5.74, 6) is 0.281. The number of anilines is 1. The van der Waals surface area contributed by atoms with Crippen molar-refractivity contribution in [2.24, 2.45) is 0 Å². The average molecular weight is 313 g/mol. The molecule has 0 radical (unpaired) electrons. The van der Waals surface area contributed by atoms with Crippen LogP contribution in [0, 0.1) is 0 Å². The Morgan fingerprint density at radius 3 is 2.70 bits per heavy atom. The van der Waals surface area contributed by atoms with Crippen LogP contribution in [0.5, 0.6) is 0 Å². The monoisotopic (exact) mass is 313 g/mol. The van der Waals surface area contributed by atoms with Gasteiger partial charge < -0.3 is 15.5 Å². The lowest BCUT2D eigenvalue weighted by atomic mass is 10.2. The lowest BCUT2D eigenvalue weighted by molar-refractivity contribution is 0.0947. The maximum Gasteiger partial charge on any atom is 0.270 e. The van der Waals surface area contributed by atoms with Crippen molar-refractivity contribution in [1.82, 2.24) is 20.2 Å². The van der Waals surface area contributed by atoms with E-state index in [4.69, 9.17) is 0 Å². The van der Waals surface area contributed by atoms with E-state index in [1.807, 2.05) is 44.4 Å². The second-order valence-corrected chi connectivity index (χ2v) is 5.52. The first-order valence-corrected chi connectivity index (χ1v) is 7.69. The van der Waals surface area contributed by atoms with Crippen LogP contribution in [0.15, 0.2) is 42.6 Å². The topological polar surface area (TPSA) is 70.2 Å². The largest absolute Gasteiger partial charge is 0.351 e. The van der Waals surface area contributed by atoms with Crippen molar-refractivity contribution in [1.29, 1.82) is 0 Å². The van der Waals surface area contributed by atoms with Crippen molar-refractivity contribution in [3.05, 3.63) is 53.9 Å². The number of nitrogens with one attached hydrogen (secondary N) is 2. The molecule has 1 amide bonds. The van der Waals surface area contributed by atoms with Gasteiger partial charge in [-0.05, 0) is 38.7 Å². The minimum atomic E-state index is -0.172. The van der Waals surface area contributed by atoms with Crippen LogP contribution in [-0.2, 0) is 6.54 Å². The molecule has 122 valence electrons. The van der Waals surface area contributed by atoms with Gasteiger partial charge in [0.15, 0.2) is 0 Å². The first-order chi connectivity index (χ1) is 11.1. The van der Waals surface area contributed by atoms with E-state index < -0.39 is 0 Å². The van der Waals surface area contributed by atoms with Crippen LogP contribution >= 0.6 is 0 Å². The lowest BCUT2D eigenvalue weighted by Crippen LogP contribution is -2.28. The summed E-state index contributed by atoms with van der Waals surface area (Å²) in [6.45, 7) is 2.19. The Bertz CT molecular complexity index is 615.